The molecular weight excluding hydrogens is 342 g/mol. The second-order valence-electron chi connectivity index (χ2n) is 5.74. The van der Waals surface area contributed by atoms with Crippen LogP contribution in [0.4, 0.5) is 8.78 Å². The van der Waals surface area contributed by atoms with Gasteiger partial charge in [-0.2, -0.15) is 0 Å². The number of carbonyl (C=O) groups excluding carboxylic acids is 2. The molecule has 0 bridgehead atoms. The maximum atomic E-state index is 14.7. The predicted molar refractivity (Wildman–Crippen MR) is 92.4 cm³/mol. The molecule has 0 radical (unpaired) electrons. The number of hydrogen-bond acceptors (Lipinski definition) is 4. The minimum atomic E-state index is -1.82. The van der Waals surface area contributed by atoms with Gasteiger partial charge in [0.25, 0.3) is 0 Å². The van der Waals surface area contributed by atoms with Gasteiger partial charge in [0.15, 0.2) is 5.41 Å². The third kappa shape index (κ3) is 3.59. The van der Waals surface area contributed by atoms with Crippen LogP contribution in [0, 0.1) is 11.6 Å². The van der Waals surface area contributed by atoms with Gasteiger partial charge in [0.2, 0.25) is 0 Å². The zero-order valence-electron chi connectivity index (χ0n) is 14.8. The molecule has 4 nitrogen and oxygen atoms in total. The Morgan fingerprint density at radius 3 is 1.92 bits per heavy atom. The maximum Gasteiger partial charge on any atom is 0.327 e. The van der Waals surface area contributed by atoms with E-state index in [2.05, 4.69) is 0 Å². The first-order valence-corrected chi connectivity index (χ1v) is 8.25. The second kappa shape index (κ2) is 8.08. The number of rotatable bonds is 6. The molecule has 0 saturated carbocycles. The summed E-state index contributed by atoms with van der Waals surface area (Å²) in [5.74, 6) is -3.00. The molecule has 0 N–H and O–H groups in total. The average molecular weight is 362 g/mol. The molecule has 0 atom stereocenters. The number of carbonyl (C=O) groups is 2. The van der Waals surface area contributed by atoms with E-state index in [4.69, 9.17) is 9.47 Å². The summed E-state index contributed by atoms with van der Waals surface area (Å²) in [6.07, 6.45) is 0. The number of esters is 2. The molecule has 0 unspecified atom stereocenters. The Morgan fingerprint density at radius 2 is 1.42 bits per heavy atom. The summed E-state index contributed by atoms with van der Waals surface area (Å²) in [6.45, 7) is 4.64. The molecule has 0 heterocycles. The fourth-order valence-corrected chi connectivity index (χ4v) is 2.59. The molecule has 26 heavy (non-hydrogen) atoms. The quantitative estimate of drug-likeness (QED) is 0.575. The van der Waals surface area contributed by atoms with Gasteiger partial charge in [0, 0.05) is 11.1 Å². The number of ether oxygens (including phenoxy) is 2. The molecular formula is C20H20F2O4. The van der Waals surface area contributed by atoms with Gasteiger partial charge in [0.1, 0.15) is 11.6 Å². The zero-order chi connectivity index (χ0) is 19.3. The molecule has 6 heteroatoms. The van der Waals surface area contributed by atoms with Gasteiger partial charge < -0.3 is 9.47 Å². The topological polar surface area (TPSA) is 52.6 Å². The molecule has 0 saturated heterocycles. The van der Waals surface area contributed by atoms with Crippen LogP contribution in [0.5, 0.6) is 0 Å². The molecule has 0 aliphatic rings. The smallest absolute Gasteiger partial charge is 0.327 e. The molecule has 0 amide bonds. The van der Waals surface area contributed by atoms with Crippen LogP contribution in [0.1, 0.15) is 26.3 Å². The lowest BCUT2D eigenvalue weighted by Crippen LogP contribution is -2.43. The highest BCUT2D eigenvalue weighted by molar-refractivity contribution is 6.06. The lowest BCUT2D eigenvalue weighted by molar-refractivity contribution is -0.163. The summed E-state index contributed by atoms with van der Waals surface area (Å²) in [4.78, 5) is 24.8. The third-order valence-electron chi connectivity index (χ3n) is 4.08. The lowest BCUT2D eigenvalue weighted by atomic mass is 9.81. The van der Waals surface area contributed by atoms with Crippen LogP contribution < -0.4 is 0 Å². The van der Waals surface area contributed by atoms with Crippen LogP contribution in [0.15, 0.2) is 42.5 Å². The summed E-state index contributed by atoms with van der Waals surface area (Å²) >= 11 is 0. The molecule has 0 aliphatic carbocycles. The first kappa shape index (κ1) is 19.6. The van der Waals surface area contributed by atoms with E-state index in [9.17, 15) is 18.4 Å². The van der Waals surface area contributed by atoms with E-state index in [1.165, 1.54) is 37.3 Å². The fraction of sp³-hybridized carbons (Fsp3) is 0.300. The van der Waals surface area contributed by atoms with E-state index >= 15 is 0 Å². The monoisotopic (exact) mass is 362 g/mol. The SMILES string of the molecule is CCOC(=O)C(C)(C(=O)OCC)c1ccc(-c2ccccc2F)c(F)c1. The average Bonchev–Trinajstić information content (AvgIpc) is 2.62. The second-order valence-corrected chi connectivity index (χ2v) is 5.74. The van der Waals surface area contributed by atoms with Gasteiger partial charge in [-0.1, -0.05) is 30.3 Å². The Bertz CT molecular complexity index is 799. The third-order valence-corrected chi connectivity index (χ3v) is 4.08. The van der Waals surface area contributed by atoms with E-state index in [-0.39, 0.29) is 29.9 Å². The normalized spacial score (nSPS) is 11.1. The van der Waals surface area contributed by atoms with E-state index in [0.29, 0.717) is 0 Å². The molecule has 0 fully saturated rings. The van der Waals surface area contributed by atoms with E-state index < -0.39 is 29.0 Å². The van der Waals surface area contributed by atoms with Gasteiger partial charge in [-0.25, -0.2) is 8.78 Å². The van der Waals surface area contributed by atoms with E-state index in [0.717, 1.165) is 6.07 Å². The first-order chi connectivity index (χ1) is 12.4. The number of benzene rings is 2. The van der Waals surface area contributed by atoms with Gasteiger partial charge in [-0.3, -0.25) is 9.59 Å². The Morgan fingerprint density at radius 1 is 0.885 bits per heavy atom. The van der Waals surface area contributed by atoms with Gasteiger partial charge in [0.05, 0.1) is 13.2 Å². The van der Waals surface area contributed by atoms with Crippen molar-refractivity contribution in [3.63, 3.8) is 0 Å². The Labute approximate surface area is 150 Å². The van der Waals surface area contributed by atoms with Crippen molar-refractivity contribution in [3.05, 3.63) is 59.7 Å². The van der Waals surface area contributed by atoms with Crippen LogP contribution in [-0.2, 0) is 24.5 Å². The predicted octanol–water partition coefficient (Wildman–Crippen LogP) is 4.02. The van der Waals surface area contributed by atoms with Crippen LogP contribution in [-0.4, -0.2) is 25.2 Å². The zero-order valence-corrected chi connectivity index (χ0v) is 14.8. The van der Waals surface area contributed by atoms with Crippen molar-refractivity contribution < 1.29 is 27.8 Å². The van der Waals surface area contributed by atoms with Crippen molar-refractivity contribution in [2.75, 3.05) is 13.2 Å². The largest absolute Gasteiger partial charge is 0.465 e. The highest BCUT2D eigenvalue weighted by Crippen LogP contribution is 2.32. The van der Waals surface area contributed by atoms with Crippen molar-refractivity contribution in [1.29, 1.82) is 0 Å². The summed E-state index contributed by atoms with van der Waals surface area (Å²) in [5, 5.41) is 0. The van der Waals surface area contributed by atoms with Crippen molar-refractivity contribution in [1.82, 2.24) is 0 Å². The summed E-state index contributed by atoms with van der Waals surface area (Å²) in [6, 6.07) is 9.54. The number of halogens is 2. The van der Waals surface area contributed by atoms with Crippen molar-refractivity contribution in [2.45, 2.75) is 26.2 Å². The molecule has 138 valence electrons. The Balaban J connectivity index is 2.54. The molecule has 2 aromatic carbocycles. The summed E-state index contributed by atoms with van der Waals surface area (Å²) in [7, 11) is 0. The van der Waals surface area contributed by atoms with Crippen LogP contribution >= 0.6 is 0 Å². The summed E-state index contributed by atoms with van der Waals surface area (Å²) in [5.41, 5.74) is -1.62. The minimum absolute atomic E-state index is 0.0296. The van der Waals surface area contributed by atoms with Gasteiger partial charge >= 0.3 is 11.9 Å². The Kier molecular flexibility index (Phi) is 6.08. The maximum absolute atomic E-state index is 14.7. The lowest BCUT2D eigenvalue weighted by Gasteiger charge is -2.25. The Hall–Kier alpha value is -2.76. The standard InChI is InChI=1S/C20H20F2O4/c1-4-25-18(23)20(3,19(24)26-5-2)13-10-11-15(17(22)12-13)14-8-6-7-9-16(14)21/h6-12H,4-5H2,1-3H3. The number of hydrogen-bond donors (Lipinski definition) is 0. The molecule has 2 aromatic rings. The van der Waals surface area contributed by atoms with Gasteiger partial charge in [-0.05, 0) is 38.5 Å². The van der Waals surface area contributed by atoms with Crippen molar-refractivity contribution in [3.8, 4) is 11.1 Å². The minimum Gasteiger partial charge on any atom is -0.465 e. The molecule has 0 spiro atoms. The van der Waals surface area contributed by atoms with Crippen LogP contribution in [0.3, 0.4) is 0 Å². The van der Waals surface area contributed by atoms with E-state index in [1.807, 2.05) is 0 Å². The van der Waals surface area contributed by atoms with Crippen LogP contribution in [0.2, 0.25) is 0 Å². The molecule has 0 aromatic heterocycles. The summed E-state index contributed by atoms with van der Waals surface area (Å²) < 4.78 is 38.6. The fourth-order valence-electron chi connectivity index (χ4n) is 2.59. The molecule has 0 aliphatic heterocycles. The first-order valence-electron chi connectivity index (χ1n) is 8.25. The van der Waals surface area contributed by atoms with Gasteiger partial charge in [-0.15, -0.1) is 0 Å². The highest BCUT2D eigenvalue weighted by atomic mass is 19.1. The highest BCUT2D eigenvalue weighted by Gasteiger charge is 2.46. The molecule has 2 rings (SSSR count). The van der Waals surface area contributed by atoms with E-state index in [1.54, 1.807) is 19.9 Å². The van der Waals surface area contributed by atoms with Crippen molar-refractivity contribution in [2.24, 2.45) is 0 Å². The van der Waals surface area contributed by atoms with Crippen molar-refractivity contribution >= 4 is 11.9 Å². The van der Waals surface area contributed by atoms with Crippen LogP contribution in [0.25, 0.3) is 11.1 Å².